The van der Waals surface area contributed by atoms with Crippen LogP contribution in [0.5, 0.6) is 0 Å². The summed E-state index contributed by atoms with van der Waals surface area (Å²) < 4.78 is 28.9. The molecular formula is C19H20N6O4S3. The van der Waals surface area contributed by atoms with Crippen molar-refractivity contribution in [2.24, 2.45) is 0 Å². The van der Waals surface area contributed by atoms with Crippen LogP contribution >= 0.6 is 23.6 Å². The normalized spacial score (nSPS) is 15.8. The van der Waals surface area contributed by atoms with E-state index in [1.165, 1.54) is 29.5 Å². The molecule has 3 aromatic rings. The van der Waals surface area contributed by atoms with Crippen LogP contribution in [0.3, 0.4) is 0 Å². The Balaban J connectivity index is 1.56. The second kappa shape index (κ2) is 8.94. The molecule has 2 aromatic heterocycles. The van der Waals surface area contributed by atoms with E-state index in [-0.39, 0.29) is 36.3 Å². The van der Waals surface area contributed by atoms with Crippen LogP contribution in [0, 0.1) is 4.77 Å². The number of nitrogens with zero attached hydrogens (tertiary/aromatic N) is 3. The van der Waals surface area contributed by atoms with Gasteiger partial charge in [0, 0.05) is 18.8 Å². The molecule has 0 aliphatic carbocycles. The molecule has 32 heavy (non-hydrogen) atoms. The van der Waals surface area contributed by atoms with E-state index in [1.54, 1.807) is 17.6 Å². The van der Waals surface area contributed by atoms with Crippen LogP contribution in [-0.4, -0.2) is 58.9 Å². The summed E-state index contributed by atoms with van der Waals surface area (Å²) in [5, 5.41) is 14.2. The average Bonchev–Trinajstić information content (AvgIpc) is 3.43. The molecule has 1 aromatic carbocycles. The van der Waals surface area contributed by atoms with Gasteiger partial charge in [-0.25, -0.2) is 8.42 Å². The molecule has 0 spiro atoms. The van der Waals surface area contributed by atoms with Gasteiger partial charge < -0.3 is 10.6 Å². The third-order valence-electron chi connectivity index (χ3n) is 4.96. The van der Waals surface area contributed by atoms with Crippen molar-refractivity contribution >= 4 is 51.1 Å². The van der Waals surface area contributed by atoms with Crippen molar-refractivity contribution in [1.29, 1.82) is 0 Å². The fourth-order valence-corrected chi connectivity index (χ4v) is 5.76. The molecule has 13 heteroatoms. The predicted molar refractivity (Wildman–Crippen MR) is 122 cm³/mol. The van der Waals surface area contributed by atoms with Crippen molar-refractivity contribution in [1.82, 2.24) is 24.4 Å². The minimum absolute atomic E-state index is 0.00292. The highest BCUT2D eigenvalue weighted by molar-refractivity contribution is 7.89. The number of hydrogen-bond donors (Lipinski definition) is 3. The second-order valence-corrected chi connectivity index (χ2v) is 10.4. The van der Waals surface area contributed by atoms with Gasteiger partial charge in [0.1, 0.15) is 6.04 Å². The molecule has 1 unspecified atom stereocenters. The smallest absolute Gasteiger partial charge is 0.247 e. The minimum atomic E-state index is -3.87. The Morgan fingerprint density at radius 2 is 2.12 bits per heavy atom. The number of carbonyl (C=O) groups is 2. The first-order chi connectivity index (χ1) is 15.3. The zero-order chi connectivity index (χ0) is 22.9. The van der Waals surface area contributed by atoms with E-state index < -0.39 is 16.1 Å². The molecule has 1 aliphatic heterocycles. The van der Waals surface area contributed by atoms with Gasteiger partial charge in [0.2, 0.25) is 21.8 Å². The minimum Gasteiger partial charge on any atom is -0.354 e. The van der Waals surface area contributed by atoms with E-state index in [2.05, 4.69) is 20.8 Å². The van der Waals surface area contributed by atoms with Gasteiger partial charge in [-0.15, -0.1) is 11.3 Å². The Morgan fingerprint density at radius 1 is 1.31 bits per heavy atom. The molecule has 3 N–H and O–H groups in total. The molecule has 1 atom stereocenters. The van der Waals surface area contributed by atoms with Crippen LogP contribution in [0.2, 0.25) is 0 Å². The molecule has 0 radical (unpaired) electrons. The van der Waals surface area contributed by atoms with Gasteiger partial charge >= 0.3 is 0 Å². The summed E-state index contributed by atoms with van der Waals surface area (Å²) >= 11 is 6.78. The molecule has 0 bridgehead atoms. The third-order valence-corrected chi connectivity index (χ3v) is 7.95. The summed E-state index contributed by atoms with van der Waals surface area (Å²) in [5.41, 5.74) is 0.317. The summed E-state index contributed by atoms with van der Waals surface area (Å²) in [7, 11) is -3.87. The van der Waals surface area contributed by atoms with Crippen LogP contribution in [0.1, 0.15) is 13.0 Å². The van der Waals surface area contributed by atoms with Gasteiger partial charge in [-0.05, 0) is 48.8 Å². The fraction of sp³-hybridized carbons (Fsp3) is 0.263. The van der Waals surface area contributed by atoms with Gasteiger partial charge in [0.25, 0.3) is 0 Å². The van der Waals surface area contributed by atoms with Crippen LogP contribution in [-0.2, 0) is 19.6 Å². The molecule has 2 amide bonds. The number of benzene rings is 1. The van der Waals surface area contributed by atoms with E-state index in [4.69, 9.17) is 12.2 Å². The number of anilines is 1. The summed E-state index contributed by atoms with van der Waals surface area (Å²) in [6, 6.07) is 9.00. The van der Waals surface area contributed by atoms with Crippen molar-refractivity contribution in [3.05, 3.63) is 46.5 Å². The lowest BCUT2D eigenvalue weighted by molar-refractivity contribution is -0.122. The molecule has 0 saturated carbocycles. The van der Waals surface area contributed by atoms with Crippen LogP contribution < -0.4 is 10.6 Å². The van der Waals surface area contributed by atoms with Crippen LogP contribution in [0.4, 0.5) is 5.69 Å². The number of nitrogens with one attached hydrogen (secondary N) is 3. The van der Waals surface area contributed by atoms with Gasteiger partial charge in [-0.2, -0.15) is 9.40 Å². The first-order valence-corrected chi connectivity index (χ1v) is 12.4. The summed E-state index contributed by atoms with van der Waals surface area (Å²) in [4.78, 5) is 25.4. The molecule has 168 valence electrons. The van der Waals surface area contributed by atoms with Crippen molar-refractivity contribution in [3.63, 3.8) is 0 Å². The first-order valence-electron chi connectivity index (χ1n) is 9.66. The average molecular weight is 493 g/mol. The van der Waals surface area contributed by atoms with Crippen molar-refractivity contribution < 1.29 is 18.0 Å². The molecule has 4 rings (SSSR count). The highest BCUT2D eigenvalue weighted by Crippen LogP contribution is 2.26. The Bertz CT molecular complexity index is 1310. The SMILES string of the molecule is CC(C(=O)Nc1cccc(S(=O)(=O)N2CCNC(=O)C2)c1)n1c(-c2cccs2)n[nH]c1=S. The molecule has 1 aliphatic rings. The Morgan fingerprint density at radius 3 is 2.84 bits per heavy atom. The fourth-order valence-electron chi connectivity index (χ4n) is 3.31. The zero-order valence-corrected chi connectivity index (χ0v) is 19.4. The quantitative estimate of drug-likeness (QED) is 0.452. The topological polar surface area (TPSA) is 129 Å². The van der Waals surface area contributed by atoms with Crippen LogP contribution in [0.25, 0.3) is 10.7 Å². The Labute approximate surface area is 193 Å². The number of amides is 2. The molecule has 10 nitrogen and oxygen atoms in total. The van der Waals surface area contributed by atoms with Crippen molar-refractivity contribution in [2.75, 3.05) is 25.0 Å². The maximum Gasteiger partial charge on any atom is 0.247 e. The largest absolute Gasteiger partial charge is 0.354 e. The van der Waals surface area contributed by atoms with Gasteiger partial charge in [0.05, 0.1) is 16.3 Å². The monoisotopic (exact) mass is 492 g/mol. The zero-order valence-electron chi connectivity index (χ0n) is 16.9. The Kier molecular flexibility index (Phi) is 6.24. The highest BCUT2D eigenvalue weighted by atomic mass is 32.2. The number of sulfonamides is 1. The summed E-state index contributed by atoms with van der Waals surface area (Å²) in [6.07, 6.45) is 0. The van der Waals surface area contributed by atoms with E-state index in [1.807, 2.05) is 17.5 Å². The lowest BCUT2D eigenvalue weighted by Crippen LogP contribution is -2.49. The van der Waals surface area contributed by atoms with Gasteiger partial charge in [0.15, 0.2) is 10.6 Å². The van der Waals surface area contributed by atoms with E-state index in [9.17, 15) is 18.0 Å². The number of rotatable bonds is 6. The summed E-state index contributed by atoms with van der Waals surface area (Å²) in [5.74, 6) is -0.184. The number of hydrogen-bond acceptors (Lipinski definition) is 7. The van der Waals surface area contributed by atoms with E-state index >= 15 is 0 Å². The van der Waals surface area contributed by atoms with Crippen LogP contribution in [0.15, 0.2) is 46.7 Å². The van der Waals surface area contributed by atoms with Gasteiger partial charge in [-0.1, -0.05) is 12.1 Å². The first kappa shape index (κ1) is 22.3. The molecular weight excluding hydrogens is 472 g/mol. The van der Waals surface area contributed by atoms with Crippen molar-refractivity contribution in [3.8, 4) is 10.7 Å². The highest BCUT2D eigenvalue weighted by Gasteiger charge is 2.29. The van der Waals surface area contributed by atoms with Gasteiger partial charge in [-0.3, -0.25) is 19.3 Å². The maximum absolute atomic E-state index is 13.0. The number of H-pyrrole nitrogens is 1. The summed E-state index contributed by atoms with van der Waals surface area (Å²) in [6.45, 7) is 1.89. The van der Waals surface area contributed by atoms with Crippen molar-refractivity contribution in [2.45, 2.75) is 17.9 Å². The maximum atomic E-state index is 13.0. The van der Waals surface area contributed by atoms with E-state index in [0.717, 1.165) is 9.18 Å². The standard InChI is InChI=1S/C19H20N6O4S3/c1-12(25-17(22-23-19(25)30)15-6-3-9-31-15)18(27)21-13-4-2-5-14(10-13)32(28,29)24-8-7-20-16(26)11-24/h2-6,9-10,12H,7-8,11H2,1H3,(H,20,26)(H,21,27)(H,23,30). The molecule has 3 heterocycles. The number of aromatic nitrogens is 3. The van der Waals surface area contributed by atoms with E-state index in [0.29, 0.717) is 16.3 Å². The predicted octanol–water partition coefficient (Wildman–Crippen LogP) is 1.99. The number of piperazine rings is 1. The Hall–Kier alpha value is -2.87. The lowest BCUT2D eigenvalue weighted by Gasteiger charge is -2.26. The molecule has 1 saturated heterocycles. The lowest BCUT2D eigenvalue weighted by atomic mass is 10.2. The number of aromatic amines is 1. The second-order valence-electron chi connectivity index (χ2n) is 7.08. The third kappa shape index (κ3) is 4.37. The number of thiophene rings is 1. The molecule has 1 fully saturated rings. The number of carbonyl (C=O) groups excluding carboxylic acids is 2.